The van der Waals surface area contributed by atoms with E-state index >= 15 is 0 Å². The molecule has 1 heterocycles. The first kappa shape index (κ1) is 14.7. The Balaban J connectivity index is 2.41. The summed E-state index contributed by atoms with van der Waals surface area (Å²) in [6.45, 7) is 8.97. The van der Waals surface area contributed by atoms with Crippen molar-refractivity contribution < 1.29 is 9.90 Å². The number of piperidine rings is 1. The van der Waals surface area contributed by atoms with Crippen LogP contribution in [0.2, 0.25) is 0 Å². The molecule has 0 amide bonds. The summed E-state index contributed by atoms with van der Waals surface area (Å²) in [6, 6.07) is 0. The summed E-state index contributed by atoms with van der Waals surface area (Å²) in [5, 5.41) is 9.55. The van der Waals surface area contributed by atoms with E-state index in [1.54, 1.807) is 0 Å². The van der Waals surface area contributed by atoms with Gasteiger partial charge in [-0.15, -0.1) is 0 Å². The molecule has 0 bridgehead atoms. The van der Waals surface area contributed by atoms with Gasteiger partial charge in [-0.05, 0) is 45.2 Å². The molecule has 1 fully saturated rings. The quantitative estimate of drug-likeness (QED) is 0.724. The van der Waals surface area contributed by atoms with Gasteiger partial charge in [0.1, 0.15) is 6.29 Å². The van der Waals surface area contributed by atoms with Crippen LogP contribution in [0, 0.1) is 11.3 Å². The summed E-state index contributed by atoms with van der Waals surface area (Å²) in [5.41, 5.74) is -0.188. The van der Waals surface area contributed by atoms with Crippen molar-refractivity contribution in [2.24, 2.45) is 11.3 Å². The van der Waals surface area contributed by atoms with Crippen LogP contribution in [0.25, 0.3) is 0 Å². The minimum Gasteiger partial charge on any atom is -0.393 e. The van der Waals surface area contributed by atoms with E-state index in [1.807, 2.05) is 6.92 Å². The SMILES string of the molecule is CCCC(C)(C=O)CN1CCC(C(C)O)CC1. The molecule has 0 aromatic rings. The second-order valence-corrected chi connectivity index (χ2v) is 5.88. The molecule has 0 aliphatic carbocycles. The fourth-order valence-electron chi connectivity index (χ4n) is 2.85. The molecule has 17 heavy (non-hydrogen) atoms. The Hall–Kier alpha value is -0.410. The smallest absolute Gasteiger partial charge is 0.127 e. The average Bonchev–Trinajstić information content (AvgIpc) is 2.30. The van der Waals surface area contributed by atoms with E-state index in [0.29, 0.717) is 5.92 Å². The first-order valence-corrected chi connectivity index (χ1v) is 6.87. The van der Waals surface area contributed by atoms with Crippen LogP contribution < -0.4 is 0 Å². The van der Waals surface area contributed by atoms with Crippen LogP contribution in [0.5, 0.6) is 0 Å². The molecule has 3 heteroatoms. The molecule has 2 unspecified atom stereocenters. The van der Waals surface area contributed by atoms with Crippen molar-refractivity contribution in [3.8, 4) is 0 Å². The van der Waals surface area contributed by atoms with Crippen molar-refractivity contribution in [1.29, 1.82) is 0 Å². The summed E-state index contributed by atoms with van der Waals surface area (Å²) in [7, 11) is 0. The van der Waals surface area contributed by atoms with Crippen molar-refractivity contribution in [2.75, 3.05) is 19.6 Å². The highest BCUT2D eigenvalue weighted by Gasteiger charge is 2.29. The van der Waals surface area contributed by atoms with Crippen molar-refractivity contribution in [1.82, 2.24) is 4.90 Å². The highest BCUT2D eigenvalue weighted by Crippen LogP contribution is 2.26. The largest absolute Gasteiger partial charge is 0.393 e. The monoisotopic (exact) mass is 241 g/mol. The van der Waals surface area contributed by atoms with Crippen LogP contribution >= 0.6 is 0 Å². The number of likely N-dealkylation sites (tertiary alicyclic amines) is 1. The first-order valence-electron chi connectivity index (χ1n) is 6.87. The van der Waals surface area contributed by atoms with Gasteiger partial charge in [-0.3, -0.25) is 0 Å². The normalized spacial score (nSPS) is 24.2. The standard InChI is InChI=1S/C14H27NO2/c1-4-7-14(3,11-16)10-15-8-5-13(6-9-15)12(2)17/h11-13,17H,4-10H2,1-3H3. The number of carbonyl (C=O) groups is 1. The average molecular weight is 241 g/mol. The topological polar surface area (TPSA) is 40.5 Å². The number of aldehydes is 1. The second kappa shape index (κ2) is 6.50. The van der Waals surface area contributed by atoms with E-state index in [-0.39, 0.29) is 11.5 Å². The first-order chi connectivity index (χ1) is 8.00. The number of aliphatic hydroxyl groups is 1. The fourth-order valence-corrected chi connectivity index (χ4v) is 2.85. The maximum Gasteiger partial charge on any atom is 0.127 e. The van der Waals surface area contributed by atoms with Crippen molar-refractivity contribution in [2.45, 2.75) is 52.6 Å². The highest BCUT2D eigenvalue weighted by atomic mass is 16.3. The van der Waals surface area contributed by atoms with Gasteiger partial charge >= 0.3 is 0 Å². The lowest BCUT2D eigenvalue weighted by atomic mass is 9.85. The molecular formula is C14H27NO2. The summed E-state index contributed by atoms with van der Waals surface area (Å²) >= 11 is 0. The second-order valence-electron chi connectivity index (χ2n) is 5.88. The van der Waals surface area contributed by atoms with Crippen LogP contribution in [-0.2, 0) is 4.79 Å². The summed E-state index contributed by atoms with van der Waals surface area (Å²) in [4.78, 5) is 13.6. The Morgan fingerprint density at radius 3 is 2.47 bits per heavy atom. The number of hydrogen-bond donors (Lipinski definition) is 1. The molecule has 100 valence electrons. The lowest BCUT2D eigenvalue weighted by Gasteiger charge is -2.37. The van der Waals surface area contributed by atoms with E-state index in [0.717, 1.165) is 51.6 Å². The Bertz CT molecular complexity index is 234. The molecule has 1 N–H and O–H groups in total. The van der Waals surface area contributed by atoms with Gasteiger partial charge in [0.2, 0.25) is 0 Å². The third kappa shape index (κ3) is 4.40. The molecule has 1 aliphatic rings. The minimum atomic E-state index is -0.190. The molecule has 2 atom stereocenters. The third-order valence-corrected chi connectivity index (χ3v) is 4.00. The Morgan fingerprint density at radius 1 is 1.47 bits per heavy atom. The molecule has 0 aromatic carbocycles. The van der Waals surface area contributed by atoms with Gasteiger partial charge in [-0.25, -0.2) is 0 Å². The maximum atomic E-state index is 11.2. The van der Waals surface area contributed by atoms with Gasteiger partial charge in [0.05, 0.1) is 6.10 Å². The Morgan fingerprint density at radius 2 is 2.06 bits per heavy atom. The van der Waals surface area contributed by atoms with Crippen molar-refractivity contribution >= 4 is 6.29 Å². The Kier molecular flexibility index (Phi) is 5.60. The lowest BCUT2D eigenvalue weighted by Crippen LogP contribution is -2.43. The zero-order valence-electron chi connectivity index (χ0n) is 11.5. The van der Waals surface area contributed by atoms with Gasteiger partial charge in [-0.1, -0.05) is 20.3 Å². The van der Waals surface area contributed by atoms with E-state index in [4.69, 9.17) is 0 Å². The predicted octanol–water partition coefficient (Wildman–Crippen LogP) is 2.08. The summed E-state index contributed by atoms with van der Waals surface area (Å²) in [6.07, 6.45) is 5.06. The number of carbonyl (C=O) groups excluding carboxylic acids is 1. The van der Waals surface area contributed by atoms with Gasteiger partial charge < -0.3 is 14.8 Å². The number of aliphatic hydroxyl groups excluding tert-OH is 1. The van der Waals surface area contributed by atoms with E-state index in [1.165, 1.54) is 0 Å². The number of rotatable bonds is 6. The molecule has 1 aliphatic heterocycles. The number of nitrogens with zero attached hydrogens (tertiary/aromatic N) is 1. The number of hydrogen-bond acceptors (Lipinski definition) is 3. The molecule has 3 nitrogen and oxygen atoms in total. The van der Waals surface area contributed by atoms with E-state index in [9.17, 15) is 9.90 Å². The van der Waals surface area contributed by atoms with Gasteiger partial charge in [0, 0.05) is 12.0 Å². The van der Waals surface area contributed by atoms with Crippen LogP contribution in [-0.4, -0.2) is 42.0 Å². The van der Waals surface area contributed by atoms with Crippen LogP contribution in [0.15, 0.2) is 0 Å². The van der Waals surface area contributed by atoms with Crippen molar-refractivity contribution in [3.63, 3.8) is 0 Å². The minimum absolute atomic E-state index is 0.188. The van der Waals surface area contributed by atoms with Crippen LogP contribution in [0.3, 0.4) is 0 Å². The van der Waals surface area contributed by atoms with Gasteiger partial charge in [0.15, 0.2) is 0 Å². The predicted molar refractivity (Wildman–Crippen MR) is 69.9 cm³/mol. The zero-order chi connectivity index (χ0) is 12.9. The maximum absolute atomic E-state index is 11.2. The van der Waals surface area contributed by atoms with Gasteiger partial charge in [0.25, 0.3) is 0 Å². The van der Waals surface area contributed by atoms with Crippen LogP contribution in [0.4, 0.5) is 0 Å². The molecule has 0 spiro atoms. The van der Waals surface area contributed by atoms with E-state index in [2.05, 4.69) is 18.7 Å². The molecule has 1 saturated heterocycles. The lowest BCUT2D eigenvalue weighted by molar-refractivity contribution is -0.117. The van der Waals surface area contributed by atoms with E-state index < -0.39 is 0 Å². The molecular weight excluding hydrogens is 214 g/mol. The molecule has 0 aromatic heterocycles. The summed E-state index contributed by atoms with van der Waals surface area (Å²) in [5.74, 6) is 0.444. The fraction of sp³-hybridized carbons (Fsp3) is 0.929. The van der Waals surface area contributed by atoms with Gasteiger partial charge in [-0.2, -0.15) is 0 Å². The summed E-state index contributed by atoms with van der Waals surface area (Å²) < 4.78 is 0. The Labute approximate surface area is 105 Å². The molecule has 0 radical (unpaired) electrons. The molecule has 1 rings (SSSR count). The van der Waals surface area contributed by atoms with Crippen LogP contribution in [0.1, 0.15) is 46.5 Å². The molecule has 0 saturated carbocycles. The van der Waals surface area contributed by atoms with Crippen molar-refractivity contribution in [3.05, 3.63) is 0 Å². The highest BCUT2D eigenvalue weighted by molar-refractivity contribution is 5.59. The third-order valence-electron chi connectivity index (χ3n) is 4.00. The zero-order valence-corrected chi connectivity index (χ0v) is 11.5.